The summed E-state index contributed by atoms with van der Waals surface area (Å²) in [6.07, 6.45) is 7.55. The lowest BCUT2D eigenvalue weighted by Crippen LogP contribution is -2.39. The highest BCUT2D eigenvalue weighted by molar-refractivity contribution is 5.45. The topological polar surface area (TPSA) is 53.9 Å². The average Bonchev–Trinajstić information content (AvgIpc) is 2.49. The lowest BCUT2D eigenvalue weighted by atomic mass is 10.0. The molecule has 5 nitrogen and oxygen atoms in total. The van der Waals surface area contributed by atoms with Crippen LogP contribution in [0.15, 0.2) is 36.9 Å². The molecule has 0 amide bonds. The number of anilines is 2. The van der Waals surface area contributed by atoms with Gasteiger partial charge in [0.05, 0.1) is 0 Å². The summed E-state index contributed by atoms with van der Waals surface area (Å²) in [7, 11) is 0. The Kier molecular flexibility index (Phi) is 3.76. The standard InChI is InChI=1S/C15H19N5/c1-12-10-15(18-11-17-12)19-13-4-8-20(9-5-13)14-2-6-16-7-3-14/h2-3,6-7,10-11,13H,4-5,8-9H2,1H3,(H,17,18,19). The number of aryl methyl sites for hydroxylation is 1. The van der Waals surface area contributed by atoms with Crippen molar-refractivity contribution in [2.24, 2.45) is 0 Å². The van der Waals surface area contributed by atoms with Crippen molar-refractivity contribution in [1.29, 1.82) is 0 Å². The van der Waals surface area contributed by atoms with Crippen molar-refractivity contribution >= 4 is 11.5 Å². The zero-order valence-corrected chi connectivity index (χ0v) is 11.7. The largest absolute Gasteiger partial charge is 0.371 e. The maximum absolute atomic E-state index is 4.27. The van der Waals surface area contributed by atoms with E-state index in [0.29, 0.717) is 6.04 Å². The van der Waals surface area contributed by atoms with Gasteiger partial charge in [-0.05, 0) is 31.9 Å². The third-order valence-electron chi connectivity index (χ3n) is 3.68. The van der Waals surface area contributed by atoms with Crippen LogP contribution in [0.1, 0.15) is 18.5 Å². The van der Waals surface area contributed by atoms with Gasteiger partial charge in [0.2, 0.25) is 0 Å². The molecule has 1 saturated heterocycles. The van der Waals surface area contributed by atoms with E-state index in [1.165, 1.54) is 5.69 Å². The van der Waals surface area contributed by atoms with Crippen molar-refractivity contribution in [3.63, 3.8) is 0 Å². The predicted molar refractivity (Wildman–Crippen MR) is 79.9 cm³/mol. The molecule has 0 saturated carbocycles. The number of aromatic nitrogens is 3. The Hall–Kier alpha value is -2.17. The molecule has 1 N–H and O–H groups in total. The number of rotatable bonds is 3. The predicted octanol–water partition coefficient (Wildman–Crippen LogP) is 2.26. The van der Waals surface area contributed by atoms with E-state index in [-0.39, 0.29) is 0 Å². The van der Waals surface area contributed by atoms with Gasteiger partial charge in [0.25, 0.3) is 0 Å². The van der Waals surface area contributed by atoms with E-state index in [1.807, 2.05) is 25.4 Å². The van der Waals surface area contributed by atoms with E-state index in [9.17, 15) is 0 Å². The van der Waals surface area contributed by atoms with Crippen LogP contribution in [-0.4, -0.2) is 34.1 Å². The van der Waals surface area contributed by atoms with Crippen LogP contribution in [-0.2, 0) is 0 Å². The molecule has 1 aliphatic rings. The first kappa shape index (κ1) is 12.8. The first-order valence-corrected chi connectivity index (χ1v) is 7.01. The molecule has 0 aromatic carbocycles. The minimum atomic E-state index is 0.488. The molecular formula is C15H19N5. The van der Waals surface area contributed by atoms with Gasteiger partial charge in [-0.2, -0.15) is 0 Å². The summed E-state index contributed by atoms with van der Waals surface area (Å²) in [5, 5.41) is 3.50. The van der Waals surface area contributed by atoms with E-state index < -0.39 is 0 Å². The van der Waals surface area contributed by atoms with Crippen LogP contribution < -0.4 is 10.2 Å². The fourth-order valence-corrected chi connectivity index (χ4v) is 2.58. The number of nitrogens with one attached hydrogen (secondary N) is 1. The maximum atomic E-state index is 4.27. The van der Waals surface area contributed by atoms with Crippen molar-refractivity contribution in [3.8, 4) is 0 Å². The van der Waals surface area contributed by atoms with Gasteiger partial charge < -0.3 is 10.2 Å². The van der Waals surface area contributed by atoms with Crippen molar-refractivity contribution in [3.05, 3.63) is 42.6 Å². The maximum Gasteiger partial charge on any atom is 0.129 e. The van der Waals surface area contributed by atoms with Gasteiger partial charge in [-0.1, -0.05) is 0 Å². The summed E-state index contributed by atoms with van der Waals surface area (Å²) in [4.78, 5) is 14.9. The minimum absolute atomic E-state index is 0.488. The van der Waals surface area contributed by atoms with Crippen LogP contribution in [0.3, 0.4) is 0 Å². The van der Waals surface area contributed by atoms with Gasteiger partial charge in [0.1, 0.15) is 12.1 Å². The van der Waals surface area contributed by atoms with Gasteiger partial charge in [0, 0.05) is 49.0 Å². The SMILES string of the molecule is Cc1cc(NC2CCN(c3ccncc3)CC2)ncn1. The molecule has 0 aliphatic carbocycles. The molecule has 0 unspecified atom stereocenters. The van der Waals surface area contributed by atoms with Crippen LogP contribution in [0.25, 0.3) is 0 Å². The molecule has 5 heteroatoms. The van der Waals surface area contributed by atoms with E-state index in [1.54, 1.807) is 6.33 Å². The molecule has 1 aliphatic heterocycles. The summed E-state index contributed by atoms with van der Waals surface area (Å²) >= 11 is 0. The molecule has 2 aromatic heterocycles. The summed E-state index contributed by atoms with van der Waals surface area (Å²) in [6, 6.07) is 6.63. The first-order valence-electron chi connectivity index (χ1n) is 7.01. The normalized spacial score (nSPS) is 16.1. The first-order chi connectivity index (χ1) is 9.81. The molecule has 1 fully saturated rings. The molecular weight excluding hydrogens is 250 g/mol. The molecule has 20 heavy (non-hydrogen) atoms. The number of hydrogen-bond acceptors (Lipinski definition) is 5. The zero-order valence-electron chi connectivity index (χ0n) is 11.7. The third-order valence-corrected chi connectivity index (χ3v) is 3.68. The van der Waals surface area contributed by atoms with Gasteiger partial charge in [0.15, 0.2) is 0 Å². The highest BCUT2D eigenvalue weighted by Crippen LogP contribution is 2.20. The Morgan fingerprint density at radius 3 is 2.60 bits per heavy atom. The van der Waals surface area contributed by atoms with E-state index in [0.717, 1.165) is 37.4 Å². The van der Waals surface area contributed by atoms with Crippen LogP contribution in [0.4, 0.5) is 11.5 Å². The Labute approximate surface area is 119 Å². The zero-order chi connectivity index (χ0) is 13.8. The number of piperidine rings is 1. The molecule has 0 spiro atoms. The summed E-state index contributed by atoms with van der Waals surface area (Å²) in [5.74, 6) is 0.930. The number of nitrogens with zero attached hydrogens (tertiary/aromatic N) is 4. The lowest BCUT2D eigenvalue weighted by Gasteiger charge is -2.34. The number of pyridine rings is 1. The Bertz CT molecular complexity index is 549. The monoisotopic (exact) mass is 269 g/mol. The second-order valence-electron chi connectivity index (χ2n) is 5.16. The summed E-state index contributed by atoms with van der Waals surface area (Å²) < 4.78 is 0. The van der Waals surface area contributed by atoms with E-state index in [4.69, 9.17) is 0 Å². The van der Waals surface area contributed by atoms with E-state index in [2.05, 4.69) is 37.3 Å². The van der Waals surface area contributed by atoms with Crippen LogP contribution >= 0.6 is 0 Å². The fraction of sp³-hybridized carbons (Fsp3) is 0.400. The molecule has 2 aromatic rings. The quantitative estimate of drug-likeness (QED) is 0.926. The van der Waals surface area contributed by atoms with Gasteiger partial charge >= 0.3 is 0 Å². The van der Waals surface area contributed by atoms with Crippen molar-refractivity contribution in [1.82, 2.24) is 15.0 Å². The molecule has 0 radical (unpaired) electrons. The Balaban J connectivity index is 1.56. The average molecular weight is 269 g/mol. The smallest absolute Gasteiger partial charge is 0.129 e. The Morgan fingerprint density at radius 2 is 1.90 bits per heavy atom. The van der Waals surface area contributed by atoms with Crippen LogP contribution in [0.2, 0.25) is 0 Å². The van der Waals surface area contributed by atoms with Crippen molar-refractivity contribution in [2.75, 3.05) is 23.3 Å². The molecule has 3 heterocycles. The van der Waals surface area contributed by atoms with Gasteiger partial charge in [-0.25, -0.2) is 9.97 Å². The number of hydrogen-bond donors (Lipinski definition) is 1. The highest BCUT2D eigenvalue weighted by atomic mass is 15.2. The second-order valence-corrected chi connectivity index (χ2v) is 5.16. The fourth-order valence-electron chi connectivity index (χ4n) is 2.58. The molecule has 0 bridgehead atoms. The molecule has 104 valence electrons. The lowest BCUT2D eigenvalue weighted by molar-refractivity contribution is 0.525. The van der Waals surface area contributed by atoms with Gasteiger partial charge in [-0.3, -0.25) is 4.98 Å². The van der Waals surface area contributed by atoms with Crippen LogP contribution in [0.5, 0.6) is 0 Å². The highest BCUT2D eigenvalue weighted by Gasteiger charge is 2.19. The van der Waals surface area contributed by atoms with Crippen molar-refractivity contribution in [2.45, 2.75) is 25.8 Å². The third kappa shape index (κ3) is 3.04. The Morgan fingerprint density at radius 1 is 1.15 bits per heavy atom. The molecule has 3 rings (SSSR count). The summed E-state index contributed by atoms with van der Waals surface area (Å²) in [5.41, 5.74) is 2.26. The molecule has 0 atom stereocenters. The summed E-state index contributed by atoms with van der Waals surface area (Å²) in [6.45, 7) is 4.11. The second kappa shape index (κ2) is 5.86. The minimum Gasteiger partial charge on any atom is -0.371 e. The van der Waals surface area contributed by atoms with E-state index >= 15 is 0 Å². The van der Waals surface area contributed by atoms with Gasteiger partial charge in [-0.15, -0.1) is 0 Å². The van der Waals surface area contributed by atoms with Crippen molar-refractivity contribution < 1.29 is 0 Å². The van der Waals surface area contributed by atoms with Crippen LogP contribution in [0, 0.1) is 6.92 Å².